The third-order valence-corrected chi connectivity index (χ3v) is 9.81. The van der Waals surface area contributed by atoms with Crippen LogP contribution in [0, 0.1) is 56.6 Å². The number of hydroxylamine groups is 2. The van der Waals surface area contributed by atoms with Crippen molar-refractivity contribution in [3.63, 3.8) is 0 Å². The van der Waals surface area contributed by atoms with Crippen LogP contribution in [0.4, 0.5) is 40.3 Å². The molecule has 4 N–H and O–H groups in total. The van der Waals surface area contributed by atoms with E-state index in [2.05, 4.69) is 105 Å². The number of hydrogen-bond donors (Lipinski definition) is 4. The Kier molecular flexibility index (Phi) is 18.1. The molecule has 55 heavy (non-hydrogen) atoms. The van der Waals surface area contributed by atoms with Crippen molar-refractivity contribution in [1.82, 2.24) is 11.0 Å². The first-order chi connectivity index (χ1) is 25.9. The van der Waals surface area contributed by atoms with Crippen LogP contribution in [-0.4, -0.2) is 25.0 Å². The first-order valence-corrected chi connectivity index (χ1v) is 19.7. The summed E-state index contributed by atoms with van der Waals surface area (Å²) in [4.78, 5) is 35.0. The molecule has 2 amide bonds. The summed E-state index contributed by atoms with van der Waals surface area (Å²) in [6, 6.07) is 13.3. The quantitative estimate of drug-likeness (QED) is 0.0215. The predicted octanol–water partition coefficient (Wildman–Crippen LogP) is 11.6. The largest absolute Gasteiger partial charge is 0.352 e. The van der Waals surface area contributed by atoms with E-state index in [1.807, 2.05) is 52.0 Å². The van der Waals surface area contributed by atoms with E-state index < -0.39 is 35.1 Å². The summed E-state index contributed by atoms with van der Waals surface area (Å²) in [6.45, 7) is 9.35. The normalized spacial score (nSPS) is 10.8. The number of halogens is 8. The van der Waals surface area contributed by atoms with Gasteiger partial charge in [0.05, 0.1) is 44.7 Å². The average molecular weight is 1110 g/mol. The summed E-state index contributed by atoms with van der Waals surface area (Å²) in [5.41, 5.74) is 8.10. The molecular formula is C39H34Br2F4I2N4O4. The average Bonchev–Trinajstić information content (AvgIpc) is 3.13. The maximum absolute atomic E-state index is 14.6. The number of anilines is 4. The van der Waals surface area contributed by atoms with E-state index >= 15 is 0 Å². The van der Waals surface area contributed by atoms with Gasteiger partial charge < -0.3 is 10.6 Å². The van der Waals surface area contributed by atoms with Gasteiger partial charge in [-0.15, -0.1) is 6.42 Å². The number of hydrogen-bond acceptors (Lipinski definition) is 6. The molecule has 0 unspecified atom stereocenters. The minimum absolute atomic E-state index is 0.0333. The second kappa shape index (κ2) is 21.7. The summed E-state index contributed by atoms with van der Waals surface area (Å²) in [6.07, 6.45) is 8.58. The van der Waals surface area contributed by atoms with E-state index in [4.69, 9.17) is 16.1 Å². The molecule has 16 heteroatoms. The van der Waals surface area contributed by atoms with Gasteiger partial charge in [-0.05, 0) is 183 Å². The number of amides is 2. The second-order valence-electron chi connectivity index (χ2n) is 11.8. The summed E-state index contributed by atoms with van der Waals surface area (Å²) in [5.74, 6) is -3.54. The Bertz CT molecular complexity index is 2190. The number of allylic oxidation sites excluding steroid dienone is 2. The molecule has 0 bridgehead atoms. The Balaban J connectivity index is 0.000000296. The highest BCUT2D eigenvalue weighted by molar-refractivity contribution is 14.1. The number of carbonyl (C=O) groups is 2. The molecular weight excluding hydrogens is 1080 g/mol. The zero-order chi connectivity index (χ0) is 41.0. The summed E-state index contributed by atoms with van der Waals surface area (Å²) >= 11 is 10.2. The Morgan fingerprint density at radius 1 is 0.709 bits per heavy atom. The minimum Gasteiger partial charge on any atom is -0.352 e. The zero-order valence-corrected chi connectivity index (χ0v) is 37.4. The number of benzene rings is 4. The van der Waals surface area contributed by atoms with Gasteiger partial charge in [0.1, 0.15) is 0 Å². The Labute approximate surface area is 360 Å². The van der Waals surface area contributed by atoms with Crippen LogP contribution in [0.5, 0.6) is 0 Å². The second-order valence-corrected chi connectivity index (χ2v) is 16.0. The van der Waals surface area contributed by atoms with Gasteiger partial charge in [-0.2, -0.15) is 0 Å². The van der Waals surface area contributed by atoms with Crippen molar-refractivity contribution in [2.45, 2.75) is 34.6 Å². The third kappa shape index (κ3) is 13.3. The number of rotatable bonds is 12. The van der Waals surface area contributed by atoms with Crippen LogP contribution in [-0.2, 0) is 9.68 Å². The monoisotopic (exact) mass is 1110 g/mol. The lowest BCUT2D eigenvalue weighted by Crippen LogP contribution is -2.25. The van der Waals surface area contributed by atoms with Crippen molar-refractivity contribution in [3.05, 3.63) is 133 Å². The van der Waals surface area contributed by atoms with Crippen LogP contribution < -0.4 is 21.6 Å². The summed E-state index contributed by atoms with van der Waals surface area (Å²) in [5, 5.41) is 5.64. The van der Waals surface area contributed by atoms with Crippen molar-refractivity contribution in [3.8, 4) is 12.3 Å². The van der Waals surface area contributed by atoms with Crippen LogP contribution in [0.25, 0.3) is 0 Å². The molecule has 0 radical (unpaired) electrons. The van der Waals surface area contributed by atoms with Gasteiger partial charge in [0.2, 0.25) is 0 Å². The van der Waals surface area contributed by atoms with Gasteiger partial charge in [0, 0.05) is 18.5 Å². The predicted molar refractivity (Wildman–Crippen MR) is 231 cm³/mol. The fourth-order valence-electron chi connectivity index (χ4n) is 4.36. The number of aryl methyl sites for hydroxylation is 2. The van der Waals surface area contributed by atoms with Crippen molar-refractivity contribution < 1.29 is 36.8 Å². The molecule has 4 rings (SSSR count). The third-order valence-electron chi connectivity index (χ3n) is 7.32. The maximum Gasteiger partial charge on any atom is 0.277 e. The van der Waals surface area contributed by atoms with Gasteiger partial charge in [-0.25, -0.2) is 28.5 Å². The molecule has 0 saturated carbocycles. The maximum atomic E-state index is 14.6. The van der Waals surface area contributed by atoms with Crippen LogP contribution in [0.3, 0.4) is 0 Å². The van der Waals surface area contributed by atoms with E-state index in [0.717, 1.165) is 23.8 Å². The van der Waals surface area contributed by atoms with Crippen LogP contribution in [0.1, 0.15) is 52.6 Å². The lowest BCUT2D eigenvalue weighted by molar-refractivity contribution is 0.0417. The zero-order valence-electron chi connectivity index (χ0n) is 29.9. The summed E-state index contributed by atoms with van der Waals surface area (Å²) in [7, 11) is 0. The van der Waals surface area contributed by atoms with Gasteiger partial charge in [-0.1, -0.05) is 17.6 Å². The van der Waals surface area contributed by atoms with Crippen molar-refractivity contribution >= 4 is 112 Å². The highest BCUT2D eigenvalue weighted by Gasteiger charge is 2.24. The molecule has 0 aliphatic rings. The van der Waals surface area contributed by atoms with E-state index in [9.17, 15) is 27.2 Å². The molecule has 0 fully saturated rings. The van der Waals surface area contributed by atoms with E-state index in [1.54, 1.807) is 31.2 Å². The lowest BCUT2D eigenvalue weighted by Gasteiger charge is -2.16. The van der Waals surface area contributed by atoms with Gasteiger partial charge >= 0.3 is 0 Å². The Morgan fingerprint density at radius 2 is 1.11 bits per heavy atom. The standard InChI is InChI=1S/C20H16BrF2IN2O2.C19H18BrF2IN2O2/c1-4-11(2)7-8-28-26-20(27)14-10-15(21)17(22)18(23)19(14)25-16-6-5-13(24)9-12(16)3;1-10(2)6-7-27-25-19(26)13-9-14(20)16(21)17(22)18(13)24-15-5-4-12(23)8-11(15)3/h1,5-7,9-10,25H,8H2,2-3H3,(H,26,27);4-6,8-9,24H,7H2,1-3H3,(H,25,26). The fourth-order valence-corrected chi connectivity index (χ4v) is 6.45. The first-order valence-electron chi connectivity index (χ1n) is 16.0. The van der Waals surface area contributed by atoms with Crippen LogP contribution >= 0.6 is 77.0 Å². The summed E-state index contributed by atoms with van der Waals surface area (Å²) < 4.78 is 59.0. The Morgan fingerprint density at radius 3 is 1.47 bits per heavy atom. The molecule has 290 valence electrons. The molecule has 4 aromatic carbocycles. The van der Waals surface area contributed by atoms with Crippen molar-refractivity contribution in [2.24, 2.45) is 0 Å². The molecule has 4 aromatic rings. The highest BCUT2D eigenvalue weighted by atomic mass is 127. The molecule has 0 heterocycles. The Hall–Kier alpha value is -3.48. The van der Waals surface area contributed by atoms with E-state index in [-0.39, 0.29) is 44.7 Å². The molecule has 0 saturated heterocycles. The smallest absolute Gasteiger partial charge is 0.277 e. The minimum atomic E-state index is -1.18. The van der Waals surface area contributed by atoms with E-state index in [1.165, 1.54) is 12.1 Å². The van der Waals surface area contributed by atoms with Crippen molar-refractivity contribution in [2.75, 3.05) is 23.8 Å². The van der Waals surface area contributed by atoms with Gasteiger partial charge in [0.25, 0.3) is 11.8 Å². The molecule has 0 aliphatic carbocycles. The fraction of sp³-hybridized carbons (Fsp3) is 0.179. The lowest BCUT2D eigenvalue weighted by atomic mass is 10.1. The number of terminal acetylenes is 1. The molecule has 0 aromatic heterocycles. The van der Waals surface area contributed by atoms with Crippen molar-refractivity contribution in [1.29, 1.82) is 0 Å². The highest BCUT2D eigenvalue weighted by Crippen LogP contribution is 2.34. The molecule has 0 aliphatic heterocycles. The van der Waals surface area contributed by atoms with Crippen LogP contribution in [0.15, 0.2) is 80.8 Å². The number of carbonyl (C=O) groups excluding carboxylic acids is 2. The molecule has 8 nitrogen and oxygen atoms in total. The van der Waals surface area contributed by atoms with Crippen LogP contribution in [0.2, 0.25) is 0 Å². The first kappa shape index (κ1) is 45.9. The van der Waals surface area contributed by atoms with E-state index in [0.29, 0.717) is 16.9 Å². The van der Waals surface area contributed by atoms with Gasteiger partial charge in [-0.3, -0.25) is 19.3 Å². The number of nitrogens with one attached hydrogen (secondary N) is 4. The molecule has 0 atom stereocenters. The van der Waals surface area contributed by atoms with Gasteiger partial charge in [0.15, 0.2) is 23.3 Å². The molecule has 0 spiro atoms. The topological polar surface area (TPSA) is 101 Å². The SMILES string of the molecule is C#CC(C)=CCONC(=O)c1cc(Br)c(F)c(F)c1Nc1ccc(I)cc1C.CC(C)=CCONC(=O)c1cc(Br)c(F)c(F)c1Nc1ccc(I)cc1C.